The van der Waals surface area contributed by atoms with E-state index in [1.165, 1.54) is 5.56 Å². The van der Waals surface area contributed by atoms with Gasteiger partial charge in [0, 0.05) is 11.2 Å². The summed E-state index contributed by atoms with van der Waals surface area (Å²) in [5.41, 5.74) is 1.36. The second-order valence-corrected chi connectivity index (χ2v) is 3.82. The maximum Gasteiger partial charge on any atom is 0.0262 e. The molecule has 66 valence electrons. The molecule has 0 N–H and O–H groups in total. The molecule has 0 spiro atoms. The summed E-state index contributed by atoms with van der Waals surface area (Å²) in [4.78, 5) is 0. The summed E-state index contributed by atoms with van der Waals surface area (Å²) in [5.74, 6) is 1.27. The lowest BCUT2D eigenvalue weighted by Crippen LogP contribution is -2.07. The quantitative estimate of drug-likeness (QED) is 0.715. The monoisotopic (exact) mass is 246 g/mol. The summed E-state index contributed by atoms with van der Waals surface area (Å²) < 4.78 is 0. The first-order chi connectivity index (χ1) is 5.86. The molecule has 0 amide bonds. The molecule has 1 atom stereocenters. The van der Waals surface area contributed by atoms with Gasteiger partial charge in [-0.3, -0.25) is 0 Å². The van der Waals surface area contributed by atoms with Gasteiger partial charge < -0.3 is 0 Å². The highest BCUT2D eigenvalue weighted by Gasteiger charge is 2.05. The third-order valence-corrected chi connectivity index (χ3v) is 3.16. The molecule has 12 heavy (non-hydrogen) atoms. The van der Waals surface area contributed by atoms with E-state index in [0.717, 1.165) is 17.6 Å². The van der Waals surface area contributed by atoms with E-state index in [1.807, 2.05) is 6.07 Å². The molecule has 0 radical (unpaired) electrons. The van der Waals surface area contributed by atoms with Crippen LogP contribution in [0.15, 0.2) is 30.3 Å². The lowest BCUT2D eigenvalue weighted by atomic mass is 10.0. The van der Waals surface area contributed by atoms with Crippen molar-refractivity contribution in [1.82, 2.24) is 0 Å². The third kappa shape index (κ3) is 3.16. The van der Waals surface area contributed by atoms with Crippen molar-refractivity contribution in [1.29, 1.82) is 0 Å². The smallest absolute Gasteiger partial charge is 0.0262 e. The predicted octanol–water partition coefficient (Wildman–Crippen LogP) is 3.48. The van der Waals surface area contributed by atoms with Crippen molar-refractivity contribution in [3.05, 3.63) is 35.9 Å². The molecular formula is C10H12BrCl. The Bertz CT molecular complexity index is 206. The maximum atomic E-state index is 5.79. The normalized spacial score (nSPS) is 12.8. The van der Waals surface area contributed by atoms with Crippen molar-refractivity contribution in [3.63, 3.8) is 0 Å². The Balaban J connectivity index is 2.51. The van der Waals surface area contributed by atoms with E-state index in [4.69, 9.17) is 11.6 Å². The number of hydrogen-bond donors (Lipinski definition) is 0. The van der Waals surface area contributed by atoms with E-state index < -0.39 is 0 Å². The van der Waals surface area contributed by atoms with Crippen molar-refractivity contribution >= 4 is 27.5 Å². The second-order valence-electron chi connectivity index (χ2n) is 2.86. The number of rotatable bonds is 4. The fourth-order valence-electron chi connectivity index (χ4n) is 1.10. The molecule has 0 bridgehead atoms. The van der Waals surface area contributed by atoms with Crippen LogP contribution in [0.2, 0.25) is 0 Å². The molecule has 0 heterocycles. The Morgan fingerprint density at radius 2 is 1.92 bits per heavy atom. The van der Waals surface area contributed by atoms with Gasteiger partial charge in [0.25, 0.3) is 0 Å². The average Bonchev–Trinajstić information content (AvgIpc) is 2.16. The van der Waals surface area contributed by atoms with Gasteiger partial charge in [0.05, 0.1) is 0 Å². The largest absolute Gasteiger partial charge is 0.126 e. The highest BCUT2D eigenvalue weighted by Crippen LogP contribution is 2.12. The van der Waals surface area contributed by atoms with Crippen LogP contribution in [0.5, 0.6) is 0 Å². The fourth-order valence-corrected chi connectivity index (χ4v) is 2.04. The predicted molar refractivity (Wildman–Crippen MR) is 58.2 cm³/mol. The summed E-state index contributed by atoms with van der Waals surface area (Å²) in [5, 5.41) is 0.978. The minimum Gasteiger partial charge on any atom is -0.126 e. The molecule has 1 unspecified atom stereocenters. The molecule has 2 heteroatoms. The van der Waals surface area contributed by atoms with Crippen LogP contribution in [-0.2, 0) is 6.42 Å². The van der Waals surface area contributed by atoms with Crippen LogP contribution in [0.3, 0.4) is 0 Å². The zero-order valence-electron chi connectivity index (χ0n) is 6.84. The Morgan fingerprint density at radius 1 is 1.25 bits per heavy atom. The van der Waals surface area contributed by atoms with E-state index in [-0.39, 0.29) is 0 Å². The van der Waals surface area contributed by atoms with Gasteiger partial charge in [0.2, 0.25) is 0 Å². The van der Waals surface area contributed by atoms with Crippen molar-refractivity contribution in [2.24, 2.45) is 5.92 Å². The molecule has 1 rings (SSSR count). The molecule has 1 aromatic rings. The number of hydrogen-bond acceptors (Lipinski definition) is 0. The minimum absolute atomic E-state index is 0.550. The molecule has 0 aromatic heterocycles. The average molecular weight is 248 g/mol. The highest BCUT2D eigenvalue weighted by molar-refractivity contribution is 9.09. The highest BCUT2D eigenvalue weighted by atomic mass is 79.9. The van der Waals surface area contributed by atoms with Gasteiger partial charge in [-0.2, -0.15) is 0 Å². The molecule has 0 fully saturated rings. The van der Waals surface area contributed by atoms with Crippen LogP contribution in [-0.4, -0.2) is 11.2 Å². The van der Waals surface area contributed by atoms with Crippen LogP contribution in [0.1, 0.15) is 5.56 Å². The van der Waals surface area contributed by atoms with Gasteiger partial charge in [-0.25, -0.2) is 0 Å². The molecular weight excluding hydrogens is 235 g/mol. The van der Waals surface area contributed by atoms with Gasteiger partial charge in [-0.15, -0.1) is 11.6 Å². The molecule has 0 aliphatic heterocycles. The lowest BCUT2D eigenvalue weighted by Gasteiger charge is -2.09. The molecule has 0 saturated carbocycles. The third-order valence-electron chi connectivity index (χ3n) is 1.80. The van der Waals surface area contributed by atoms with Gasteiger partial charge >= 0.3 is 0 Å². The van der Waals surface area contributed by atoms with Crippen molar-refractivity contribution in [2.75, 3.05) is 11.2 Å². The van der Waals surface area contributed by atoms with Crippen molar-refractivity contribution in [3.8, 4) is 0 Å². The first-order valence-electron chi connectivity index (χ1n) is 4.02. The summed E-state index contributed by atoms with van der Waals surface area (Å²) in [6, 6.07) is 10.4. The van der Waals surface area contributed by atoms with E-state index >= 15 is 0 Å². The second kappa shape index (κ2) is 5.60. The van der Waals surface area contributed by atoms with Crippen LogP contribution in [0.4, 0.5) is 0 Å². The van der Waals surface area contributed by atoms with Gasteiger partial charge in [-0.1, -0.05) is 46.3 Å². The molecule has 0 saturated heterocycles. The Labute approximate surface area is 87.1 Å². The van der Waals surface area contributed by atoms with Crippen LogP contribution < -0.4 is 0 Å². The topological polar surface area (TPSA) is 0 Å². The van der Waals surface area contributed by atoms with Crippen LogP contribution >= 0.6 is 27.5 Å². The van der Waals surface area contributed by atoms with E-state index in [9.17, 15) is 0 Å². The first kappa shape index (κ1) is 10.1. The number of alkyl halides is 2. The minimum atomic E-state index is 0.550. The van der Waals surface area contributed by atoms with E-state index in [0.29, 0.717) is 5.92 Å². The summed E-state index contributed by atoms with van der Waals surface area (Å²) in [6.45, 7) is 0. The Kier molecular flexibility index (Phi) is 4.70. The number of benzene rings is 1. The Hall–Kier alpha value is -0.0100. The lowest BCUT2D eigenvalue weighted by molar-refractivity contribution is 0.671. The van der Waals surface area contributed by atoms with Crippen LogP contribution in [0, 0.1) is 5.92 Å². The fraction of sp³-hybridized carbons (Fsp3) is 0.400. The van der Waals surface area contributed by atoms with Crippen molar-refractivity contribution in [2.45, 2.75) is 6.42 Å². The van der Waals surface area contributed by atoms with E-state index in [2.05, 4.69) is 40.2 Å². The van der Waals surface area contributed by atoms with Gasteiger partial charge in [0.15, 0.2) is 0 Å². The maximum absolute atomic E-state index is 5.79. The molecule has 0 nitrogen and oxygen atoms in total. The zero-order chi connectivity index (χ0) is 8.81. The van der Waals surface area contributed by atoms with E-state index in [1.54, 1.807) is 0 Å². The van der Waals surface area contributed by atoms with Gasteiger partial charge in [0.1, 0.15) is 0 Å². The summed E-state index contributed by atoms with van der Waals surface area (Å²) in [7, 11) is 0. The SMILES string of the molecule is ClCC(CBr)Cc1ccccc1. The zero-order valence-corrected chi connectivity index (χ0v) is 9.18. The summed E-state index contributed by atoms with van der Waals surface area (Å²) in [6.07, 6.45) is 1.07. The molecule has 0 aliphatic rings. The number of halogens is 2. The van der Waals surface area contributed by atoms with Crippen molar-refractivity contribution < 1.29 is 0 Å². The first-order valence-corrected chi connectivity index (χ1v) is 5.68. The van der Waals surface area contributed by atoms with Gasteiger partial charge in [-0.05, 0) is 17.9 Å². The van der Waals surface area contributed by atoms with Crippen LogP contribution in [0.25, 0.3) is 0 Å². The molecule has 0 aliphatic carbocycles. The Morgan fingerprint density at radius 3 is 2.42 bits per heavy atom. The summed E-state index contributed by atoms with van der Waals surface area (Å²) >= 11 is 9.24. The standard InChI is InChI=1S/C10H12BrCl/c11-7-10(8-12)6-9-4-2-1-3-5-9/h1-5,10H,6-8H2. The molecule has 1 aromatic carbocycles.